The zero-order valence-electron chi connectivity index (χ0n) is 6.09. The lowest BCUT2D eigenvalue weighted by Crippen LogP contribution is -1.67. The first kappa shape index (κ1) is 8.28. The van der Waals surface area contributed by atoms with Crippen molar-refractivity contribution in [3.8, 4) is 0 Å². The standard InChI is InChI=1S/C8H14O/c1-3-4-5-6-8(2)7-9/h5-7,9H,3-4H2,1-2H3/b6-5+,8-7+. The van der Waals surface area contributed by atoms with Crippen LogP contribution < -0.4 is 0 Å². The van der Waals surface area contributed by atoms with Crippen LogP contribution in [0.4, 0.5) is 0 Å². The zero-order chi connectivity index (χ0) is 7.11. The first-order valence-corrected chi connectivity index (χ1v) is 3.28. The third-order valence-corrected chi connectivity index (χ3v) is 1.04. The van der Waals surface area contributed by atoms with Gasteiger partial charge in [-0.25, -0.2) is 0 Å². The van der Waals surface area contributed by atoms with Crippen molar-refractivity contribution in [2.24, 2.45) is 0 Å². The van der Waals surface area contributed by atoms with Crippen molar-refractivity contribution in [3.05, 3.63) is 24.0 Å². The van der Waals surface area contributed by atoms with E-state index in [4.69, 9.17) is 5.11 Å². The van der Waals surface area contributed by atoms with Gasteiger partial charge in [0.2, 0.25) is 0 Å². The monoisotopic (exact) mass is 126 g/mol. The summed E-state index contributed by atoms with van der Waals surface area (Å²) in [6, 6.07) is 0. The molecule has 1 nitrogen and oxygen atoms in total. The van der Waals surface area contributed by atoms with Crippen LogP contribution in [0.25, 0.3) is 0 Å². The summed E-state index contributed by atoms with van der Waals surface area (Å²) in [5.41, 5.74) is 0.906. The lowest BCUT2D eigenvalue weighted by molar-refractivity contribution is 0.469. The molecule has 0 spiro atoms. The molecule has 0 saturated carbocycles. The fraction of sp³-hybridized carbons (Fsp3) is 0.500. The van der Waals surface area contributed by atoms with Gasteiger partial charge < -0.3 is 5.11 Å². The molecule has 0 aliphatic carbocycles. The van der Waals surface area contributed by atoms with Crippen LogP contribution in [0.5, 0.6) is 0 Å². The SMILES string of the molecule is CCC/C=C/C(C)=C/O. The Morgan fingerprint density at radius 3 is 2.67 bits per heavy atom. The van der Waals surface area contributed by atoms with E-state index in [0.29, 0.717) is 0 Å². The van der Waals surface area contributed by atoms with Crippen molar-refractivity contribution in [3.63, 3.8) is 0 Å². The zero-order valence-corrected chi connectivity index (χ0v) is 6.09. The Hall–Kier alpha value is -0.720. The molecule has 0 aliphatic heterocycles. The van der Waals surface area contributed by atoms with Crippen LogP contribution in [0.3, 0.4) is 0 Å². The van der Waals surface area contributed by atoms with Gasteiger partial charge in [-0.3, -0.25) is 0 Å². The summed E-state index contributed by atoms with van der Waals surface area (Å²) < 4.78 is 0. The molecular formula is C8H14O. The van der Waals surface area contributed by atoms with Gasteiger partial charge >= 0.3 is 0 Å². The minimum atomic E-state index is 0.906. The lowest BCUT2D eigenvalue weighted by atomic mass is 10.2. The summed E-state index contributed by atoms with van der Waals surface area (Å²) in [5, 5.41) is 8.42. The van der Waals surface area contributed by atoms with Crippen LogP contribution in [0.15, 0.2) is 24.0 Å². The topological polar surface area (TPSA) is 20.2 Å². The van der Waals surface area contributed by atoms with E-state index in [1.54, 1.807) is 0 Å². The van der Waals surface area contributed by atoms with E-state index in [9.17, 15) is 0 Å². The van der Waals surface area contributed by atoms with E-state index in [1.165, 1.54) is 0 Å². The fourth-order valence-electron chi connectivity index (χ4n) is 0.479. The van der Waals surface area contributed by atoms with Crippen LogP contribution >= 0.6 is 0 Å². The van der Waals surface area contributed by atoms with Crippen molar-refractivity contribution < 1.29 is 5.11 Å². The molecule has 0 atom stereocenters. The smallest absolute Gasteiger partial charge is 0.0820 e. The van der Waals surface area contributed by atoms with Crippen LogP contribution in [0, 0.1) is 0 Å². The number of allylic oxidation sites excluding steroid dienone is 3. The van der Waals surface area contributed by atoms with E-state index >= 15 is 0 Å². The molecule has 0 rings (SSSR count). The van der Waals surface area contributed by atoms with Gasteiger partial charge in [-0.15, -0.1) is 0 Å². The maximum absolute atomic E-state index is 8.42. The van der Waals surface area contributed by atoms with Gasteiger partial charge in [0.1, 0.15) is 0 Å². The molecule has 52 valence electrons. The number of aliphatic hydroxyl groups excluding tert-OH is 1. The molecule has 0 saturated heterocycles. The van der Waals surface area contributed by atoms with Gasteiger partial charge in [-0.1, -0.05) is 25.5 Å². The second kappa shape index (κ2) is 5.42. The third kappa shape index (κ3) is 5.15. The normalized spacial score (nSPS) is 12.9. The average molecular weight is 126 g/mol. The number of hydrogen-bond donors (Lipinski definition) is 1. The molecule has 0 unspecified atom stereocenters. The molecule has 0 heterocycles. The highest BCUT2D eigenvalue weighted by molar-refractivity contribution is 5.12. The minimum Gasteiger partial charge on any atom is -0.515 e. The van der Waals surface area contributed by atoms with Crippen molar-refractivity contribution in [1.82, 2.24) is 0 Å². The molecule has 1 N–H and O–H groups in total. The summed E-state index contributed by atoms with van der Waals surface area (Å²) in [5.74, 6) is 0. The highest BCUT2D eigenvalue weighted by Gasteiger charge is 1.76. The van der Waals surface area contributed by atoms with Crippen molar-refractivity contribution in [2.45, 2.75) is 26.7 Å². The third-order valence-electron chi connectivity index (χ3n) is 1.04. The first-order valence-electron chi connectivity index (χ1n) is 3.28. The van der Waals surface area contributed by atoms with Crippen molar-refractivity contribution >= 4 is 0 Å². The Morgan fingerprint density at radius 1 is 1.56 bits per heavy atom. The van der Waals surface area contributed by atoms with Crippen molar-refractivity contribution in [2.75, 3.05) is 0 Å². The molecule has 0 aromatic carbocycles. The van der Waals surface area contributed by atoms with Crippen LogP contribution in [0.2, 0.25) is 0 Å². The predicted octanol–water partition coefficient (Wildman–Crippen LogP) is 2.80. The molecule has 0 aliphatic rings. The minimum absolute atomic E-state index is 0.906. The van der Waals surface area contributed by atoms with Gasteiger partial charge in [0.25, 0.3) is 0 Å². The van der Waals surface area contributed by atoms with Gasteiger partial charge in [0, 0.05) is 0 Å². The predicted molar refractivity (Wildman–Crippen MR) is 40.4 cm³/mol. The summed E-state index contributed by atoms with van der Waals surface area (Å²) in [4.78, 5) is 0. The Morgan fingerprint density at radius 2 is 2.22 bits per heavy atom. The molecule has 0 fully saturated rings. The van der Waals surface area contributed by atoms with Crippen LogP contribution in [-0.2, 0) is 0 Å². The molecule has 0 aromatic rings. The first-order chi connectivity index (χ1) is 4.31. The lowest BCUT2D eigenvalue weighted by Gasteiger charge is -1.85. The molecule has 0 radical (unpaired) electrons. The van der Waals surface area contributed by atoms with E-state index in [-0.39, 0.29) is 0 Å². The molecule has 9 heavy (non-hydrogen) atoms. The van der Waals surface area contributed by atoms with E-state index in [0.717, 1.165) is 24.7 Å². The number of aliphatic hydroxyl groups is 1. The van der Waals surface area contributed by atoms with E-state index in [1.807, 2.05) is 13.0 Å². The summed E-state index contributed by atoms with van der Waals surface area (Å²) in [7, 11) is 0. The van der Waals surface area contributed by atoms with Crippen LogP contribution in [-0.4, -0.2) is 5.11 Å². The summed E-state index contributed by atoms with van der Waals surface area (Å²) in [6.45, 7) is 3.99. The van der Waals surface area contributed by atoms with Gasteiger partial charge in [0.15, 0.2) is 0 Å². The van der Waals surface area contributed by atoms with E-state index in [2.05, 4.69) is 13.0 Å². The summed E-state index contributed by atoms with van der Waals surface area (Å²) in [6.07, 6.45) is 7.35. The molecule has 1 heteroatoms. The highest BCUT2D eigenvalue weighted by atomic mass is 16.2. The summed E-state index contributed by atoms with van der Waals surface area (Å²) >= 11 is 0. The number of hydrogen-bond acceptors (Lipinski definition) is 1. The number of rotatable bonds is 3. The van der Waals surface area contributed by atoms with Crippen LogP contribution in [0.1, 0.15) is 26.7 Å². The molecule has 0 bridgehead atoms. The average Bonchev–Trinajstić information content (AvgIpc) is 1.89. The van der Waals surface area contributed by atoms with Gasteiger partial charge in [0.05, 0.1) is 6.26 Å². The Labute approximate surface area is 56.7 Å². The maximum atomic E-state index is 8.42. The second-order valence-electron chi connectivity index (χ2n) is 2.06. The highest BCUT2D eigenvalue weighted by Crippen LogP contribution is 1.95. The fourth-order valence-corrected chi connectivity index (χ4v) is 0.479. The van der Waals surface area contributed by atoms with Crippen molar-refractivity contribution in [1.29, 1.82) is 0 Å². The Balaban J connectivity index is 3.45. The molecule has 0 aromatic heterocycles. The largest absolute Gasteiger partial charge is 0.515 e. The Kier molecular flexibility index (Phi) is 4.98. The molecular weight excluding hydrogens is 112 g/mol. The second-order valence-corrected chi connectivity index (χ2v) is 2.06. The van der Waals surface area contributed by atoms with Gasteiger partial charge in [-0.2, -0.15) is 0 Å². The Bertz CT molecular complexity index is 112. The van der Waals surface area contributed by atoms with Gasteiger partial charge in [-0.05, 0) is 18.9 Å². The maximum Gasteiger partial charge on any atom is 0.0820 e. The molecule has 0 amide bonds. The quantitative estimate of drug-likeness (QED) is 0.455. The van der Waals surface area contributed by atoms with E-state index < -0.39 is 0 Å². The number of unbranched alkanes of at least 4 members (excludes halogenated alkanes) is 1.